The number of sulfone groups is 1. The van der Waals surface area contributed by atoms with Crippen molar-refractivity contribution in [3.8, 4) is 0 Å². The minimum Gasteiger partial charge on any atom is -0.270 e. The first-order valence-corrected chi connectivity index (χ1v) is 6.27. The van der Waals surface area contributed by atoms with Gasteiger partial charge in [-0.25, -0.2) is 8.42 Å². The maximum absolute atomic E-state index is 10.9. The third-order valence-electron chi connectivity index (χ3n) is 1.83. The van der Waals surface area contributed by atoms with Gasteiger partial charge in [0.15, 0.2) is 0 Å². The molecule has 0 aromatic carbocycles. The molecule has 74 valence electrons. The smallest absolute Gasteiger partial charge is 0.147 e. The summed E-state index contributed by atoms with van der Waals surface area (Å²) in [5.74, 6) is 0.193. The van der Waals surface area contributed by atoms with Crippen LogP contribution in [-0.2, 0) is 22.8 Å². The van der Waals surface area contributed by atoms with Crippen molar-refractivity contribution < 1.29 is 8.42 Å². The molecule has 0 fully saturated rings. The predicted molar refractivity (Wildman–Crippen MR) is 51.3 cm³/mol. The Bertz CT molecular complexity index is 367. The highest BCUT2D eigenvalue weighted by Crippen LogP contribution is 2.01. The third kappa shape index (κ3) is 3.18. The second kappa shape index (κ2) is 3.91. The number of aromatic nitrogens is 2. The van der Waals surface area contributed by atoms with Crippen LogP contribution in [-0.4, -0.2) is 30.2 Å². The lowest BCUT2D eigenvalue weighted by Gasteiger charge is -2.02. The predicted octanol–water partition coefficient (Wildman–Crippen LogP) is 0.490. The van der Waals surface area contributed by atoms with Crippen LogP contribution in [0.5, 0.6) is 0 Å². The van der Waals surface area contributed by atoms with Crippen LogP contribution < -0.4 is 0 Å². The average molecular weight is 202 g/mol. The van der Waals surface area contributed by atoms with E-state index in [0.717, 1.165) is 12.2 Å². The van der Waals surface area contributed by atoms with Crippen LogP contribution >= 0.6 is 0 Å². The quantitative estimate of drug-likeness (QED) is 0.714. The zero-order chi connectivity index (χ0) is 9.90. The summed E-state index contributed by atoms with van der Waals surface area (Å²) in [6.45, 7) is 2.77. The Hall–Kier alpha value is -0.840. The van der Waals surface area contributed by atoms with E-state index in [1.165, 1.54) is 6.26 Å². The molecule has 13 heavy (non-hydrogen) atoms. The topological polar surface area (TPSA) is 52.0 Å². The molecule has 0 saturated carbocycles. The fourth-order valence-corrected chi connectivity index (χ4v) is 1.73. The second-order valence-electron chi connectivity index (χ2n) is 3.02. The number of aryl methyl sites for hydroxylation is 2. The number of nitrogens with zero attached hydrogens (tertiary/aromatic N) is 2. The second-order valence-corrected chi connectivity index (χ2v) is 5.28. The van der Waals surface area contributed by atoms with Gasteiger partial charge in [-0.15, -0.1) is 0 Å². The molecule has 1 rings (SSSR count). The van der Waals surface area contributed by atoms with Crippen molar-refractivity contribution in [1.29, 1.82) is 0 Å². The zero-order valence-corrected chi connectivity index (χ0v) is 8.71. The Morgan fingerprint density at radius 3 is 2.77 bits per heavy atom. The Kier molecular flexibility index (Phi) is 3.08. The number of rotatable bonds is 4. The molecule has 0 amide bonds. The van der Waals surface area contributed by atoms with Gasteiger partial charge >= 0.3 is 0 Å². The van der Waals surface area contributed by atoms with Crippen LogP contribution in [0.4, 0.5) is 0 Å². The fourth-order valence-electron chi connectivity index (χ4n) is 1.15. The van der Waals surface area contributed by atoms with E-state index in [1.54, 1.807) is 6.20 Å². The first kappa shape index (κ1) is 10.2. The summed E-state index contributed by atoms with van der Waals surface area (Å²) in [5.41, 5.74) is 0.980. The molecule has 0 radical (unpaired) electrons. The largest absolute Gasteiger partial charge is 0.270 e. The summed E-state index contributed by atoms with van der Waals surface area (Å²) in [4.78, 5) is 0. The van der Waals surface area contributed by atoms with Crippen LogP contribution in [0.2, 0.25) is 0 Å². The van der Waals surface area contributed by atoms with Gasteiger partial charge in [0.05, 0.1) is 5.75 Å². The van der Waals surface area contributed by atoms with Crippen molar-refractivity contribution in [2.75, 3.05) is 12.0 Å². The van der Waals surface area contributed by atoms with Crippen molar-refractivity contribution in [2.24, 2.45) is 0 Å². The molecule has 0 unspecified atom stereocenters. The third-order valence-corrected chi connectivity index (χ3v) is 2.78. The maximum atomic E-state index is 10.9. The minimum atomic E-state index is -2.87. The molecule has 0 spiro atoms. The molecular weight excluding hydrogens is 188 g/mol. The van der Waals surface area contributed by atoms with Gasteiger partial charge < -0.3 is 0 Å². The lowest BCUT2D eigenvalue weighted by Crippen LogP contribution is -2.10. The van der Waals surface area contributed by atoms with Crippen molar-refractivity contribution in [3.05, 3.63) is 18.0 Å². The van der Waals surface area contributed by atoms with Gasteiger partial charge in [0, 0.05) is 31.1 Å². The summed E-state index contributed by atoms with van der Waals surface area (Å²) in [6, 6.07) is 1.86. The van der Waals surface area contributed by atoms with Crippen LogP contribution in [0.25, 0.3) is 0 Å². The van der Waals surface area contributed by atoms with Crippen molar-refractivity contribution in [2.45, 2.75) is 19.9 Å². The van der Waals surface area contributed by atoms with Crippen LogP contribution in [0.1, 0.15) is 12.6 Å². The average Bonchev–Trinajstić information content (AvgIpc) is 2.46. The van der Waals surface area contributed by atoms with Crippen LogP contribution in [0.3, 0.4) is 0 Å². The lowest BCUT2D eigenvalue weighted by molar-refractivity contribution is 0.595. The Morgan fingerprint density at radius 2 is 2.23 bits per heavy atom. The molecule has 0 aliphatic rings. The van der Waals surface area contributed by atoms with Gasteiger partial charge in [-0.05, 0) is 13.0 Å². The Labute approximate surface area is 78.5 Å². The molecule has 1 aromatic rings. The van der Waals surface area contributed by atoms with E-state index in [0.29, 0.717) is 6.42 Å². The summed E-state index contributed by atoms with van der Waals surface area (Å²) in [7, 11) is -2.87. The van der Waals surface area contributed by atoms with Gasteiger partial charge in [-0.3, -0.25) is 4.68 Å². The highest BCUT2D eigenvalue weighted by Gasteiger charge is 2.05. The summed E-state index contributed by atoms with van der Waals surface area (Å²) < 4.78 is 23.6. The number of hydrogen-bond donors (Lipinski definition) is 0. The van der Waals surface area contributed by atoms with Gasteiger partial charge in [0.25, 0.3) is 0 Å². The maximum Gasteiger partial charge on any atom is 0.147 e. The van der Waals surface area contributed by atoms with Crippen molar-refractivity contribution in [1.82, 2.24) is 9.78 Å². The van der Waals surface area contributed by atoms with Gasteiger partial charge in [0.2, 0.25) is 0 Å². The fraction of sp³-hybridized carbons (Fsp3) is 0.625. The van der Waals surface area contributed by atoms with E-state index < -0.39 is 9.84 Å². The van der Waals surface area contributed by atoms with E-state index >= 15 is 0 Å². The zero-order valence-electron chi connectivity index (χ0n) is 7.90. The molecule has 5 heteroatoms. The van der Waals surface area contributed by atoms with E-state index in [2.05, 4.69) is 5.10 Å². The first-order chi connectivity index (χ1) is 6.03. The molecule has 0 bridgehead atoms. The van der Waals surface area contributed by atoms with E-state index in [4.69, 9.17) is 0 Å². The van der Waals surface area contributed by atoms with Crippen LogP contribution in [0, 0.1) is 0 Å². The summed E-state index contributed by atoms with van der Waals surface area (Å²) in [5, 5.41) is 4.06. The monoisotopic (exact) mass is 202 g/mol. The van der Waals surface area contributed by atoms with Crippen LogP contribution in [0.15, 0.2) is 12.3 Å². The van der Waals surface area contributed by atoms with E-state index in [-0.39, 0.29) is 5.75 Å². The Morgan fingerprint density at radius 1 is 1.54 bits per heavy atom. The van der Waals surface area contributed by atoms with Gasteiger partial charge in [-0.2, -0.15) is 5.10 Å². The Balaban J connectivity index is 2.64. The van der Waals surface area contributed by atoms with Gasteiger partial charge in [-0.1, -0.05) is 0 Å². The summed E-state index contributed by atoms with van der Waals surface area (Å²) >= 11 is 0. The molecule has 0 N–H and O–H groups in total. The molecule has 4 nitrogen and oxygen atoms in total. The van der Waals surface area contributed by atoms with Gasteiger partial charge in [0.1, 0.15) is 9.84 Å². The summed E-state index contributed by atoms with van der Waals surface area (Å²) in [6.07, 6.45) is 3.49. The SMILES string of the molecule is CCn1nccc1CCS(C)(=O)=O. The molecule has 0 aliphatic heterocycles. The minimum absolute atomic E-state index is 0.193. The normalized spacial score (nSPS) is 11.8. The molecule has 0 aliphatic carbocycles. The molecule has 1 aromatic heterocycles. The molecular formula is C8H14N2O2S. The highest BCUT2D eigenvalue weighted by atomic mass is 32.2. The van der Waals surface area contributed by atoms with Crippen molar-refractivity contribution in [3.63, 3.8) is 0 Å². The number of hydrogen-bond acceptors (Lipinski definition) is 3. The molecule has 0 atom stereocenters. The molecule has 1 heterocycles. The standard InChI is InChI=1S/C8H14N2O2S/c1-3-10-8(4-6-9-10)5-7-13(2,11)12/h4,6H,3,5,7H2,1-2H3. The van der Waals surface area contributed by atoms with E-state index in [9.17, 15) is 8.42 Å². The highest BCUT2D eigenvalue weighted by molar-refractivity contribution is 7.90. The lowest BCUT2D eigenvalue weighted by atomic mass is 10.3. The molecule has 0 saturated heterocycles. The van der Waals surface area contributed by atoms with Crippen molar-refractivity contribution >= 4 is 9.84 Å². The first-order valence-electron chi connectivity index (χ1n) is 4.21. The van der Waals surface area contributed by atoms with E-state index in [1.807, 2.05) is 17.7 Å².